The van der Waals surface area contributed by atoms with Gasteiger partial charge in [0.1, 0.15) is 0 Å². The van der Waals surface area contributed by atoms with Crippen LogP contribution in [0.25, 0.3) is 0 Å². The third-order valence-electron chi connectivity index (χ3n) is 4.13. The average molecular weight is 256 g/mol. The second-order valence-corrected chi connectivity index (χ2v) is 5.40. The molecule has 2 unspecified atom stereocenters. The van der Waals surface area contributed by atoms with Crippen molar-refractivity contribution in [1.29, 1.82) is 0 Å². The molecule has 0 radical (unpaired) electrons. The maximum absolute atomic E-state index is 5.72. The Hall–Kier alpha value is -0.120. The SMILES string of the molecule is CCCNC(CC)C(C)N1CCC(OCC)CC1. The van der Waals surface area contributed by atoms with Gasteiger partial charge in [-0.3, -0.25) is 4.90 Å². The highest BCUT2D eigenvalue weighted by Gasteiger charge is 2.26. The zero-order valence-electron chi connectivity index (χ0n) is 12.7. The second-order valence-electron chi connectivity index (χ2n) is 5.40. The molecule has 0 spiro atoms. The molecule has 0 amide bonds. The Kier molecular flexibility index (Phi) is 7.87. The molecular weight excluding hydrogens is 224 g/mol. The maximum atomic E-state index is 5.72. The van der Waals surface area contributed by atoms with Crippen molar-refractivity contribution in [3.8, 4) is 0 Å². The smallest absolute Gasteiger partial charge is 0.0599 e. The number of nitrogens with one attached hydrogen (secondary N) is 1. The normalized spacial score (nSPS) is 22.0. The van der Waals surface area contributed by atoms with E-state index in [2.05, 4.69) is 37.9 Å². The van der Waals surface area contributed by atoms with Crippen molar-refractivity contribution in [2.75, 3.05) is 26.2 Å². The summed E-state index contributed by atoms with van der Waals surface area (Å²) in [6, 6.07) is 1.28. The summed E-state index contributed by atoms with van der Waals surface area (Å²) in [7, 11) is 0. The van der Waals surface area contributed by atoms with Crippen molar-refractivity contribution >= 4 is 0 Å². The monoisotopic (exact) mass is 256 g/mol. The van der Waals surface area contributed by atoms with Crippen LogP contribution in [0, 0.1) is 0 Å². The third kappa shape index (κ3) is 4.87. The zero-order chi connectivity index (χ0) is 13.4. The van der Waals surface area contributed by atoms with Gasteiger partial charge in [-0.05, 0) is 46.1 Å². The van der Waals surface area contributed by atoms with Crippen LogP contribution in [0.4, 0.5) is 0 Å². The van der Waals surface area contributed by atoms with Crippen LogP contribution in [0.2, 0.25) is 0 Å². The van der Waals surface area contributed by atoms with Crippen molar-refractivity contribution in [3.05, 3.63) is 0 Å². The topological polar surface area (TPSA) is 24.5 Å². The summed E-state index contributed by atoms with van der Waals surface area (Å²) in [5.74, 6) is 0. The van der Waals surface area contributed by atoms with E-state index in [4.69, 9.17) is 4.74 Å². The molecule has 1 N–H and O–H groups in total. The first-order chi connectivity index (χ1) is 8.72. The number of nitrogens with zero attached hydrogens (tertiary/aromatic N) is 1. The van der Waals surface area contributed by atoms with Crippen LogP contribution in [0.3, 0.4) is 0 Å². The van der Waals surface area contributed by atoms with Crippen molar-refractivity contribution in [1.82, 2.24) is 10.2 Å². The van der Waals surface area contributed by atoms with E-state index in [0.29, 0.717) is 18.2 Å². The molecule has 108 valence electrons. The third-order valence-corrected chi connectivity index (χ3v) is 4.13. The molecule has 0 aromatic heterocycles. The first-order valence-electron chi connectivity index (χ1n) is 7.81. The Morgan fingerprint density at radius 1 is 1.22 bits per heavy atom. The molecule has 1 aliphatic heterocycles. The zero-order valence-corrected chi connectivity index (χ0v) is 12.7. The molecule has 1 aliphatic rings. The molecule has 3 nitrogen and oxygen atoms in total. The van der Waals surface area contributed by atoms with E-state index in [0.717, 1.165) is 13.2 Å². The molecule has 2 atom stereocenters. The van der Waals surface area contributed by atoms with Gasteiger partial charge in [-0.15, -0.1) is 0 Å². The summed E-state index contributed by atoms with van der Waals surface area (Å²) < 4.78 is 5.72. The first-order valence-corrected chi connectivity index (χ1v) is 7.81. The molecule has 0 saturated carbocycles. The number of hydrogen-bond acceptors (Lipinski definition) is 3. The number of piperidine rings is 1. The van der Waals surface area contributed by atoms with Crippen molar-refractivity contribution in [2.45, 2.75) is 71.6 Å². The Balaban J connectivity index is 2.35. The van der Waals surface area contributed by atoms with Gasteiger partial charge in [0.25, 0.3) is 0 Å². The molecule has 0 aromatic carbocycles. The second kappa shape index (κ2) is 8.89. The van der Waals surface area contributed by atoms with Crippen molar-refractivity contribution < 1.29 is 4.74 Å². The Morgan fingerprint density at radius 3 is 2.39 bits per heavy atom. The van der Waals surface area contributed by atoms with Gasteiger partial charge in [-0.1, -0.05) is 13.8 Å². The van der Waals surface area contributed by atoms with Gasteiger partial charge in [0, 0.05) is 31.8 Å². The summed E-state index contributed by atoms with van der Waals surface area (Å²) in [4.78, 5) is 2.63. The molecule has 1 saturated heterocycles. The molecule has 0 aromatic rings. The number of hydrogen-bond donors (Lipinski definition) is 1. The highest BCUT2D eigenvalue weighted by atomic mass is 16.5. The highest BCUT2D eigenvalue weighted by molar-refractivity contribution is 4.84. The minimum Gasteiger partial charge on any atom is -0.378 e. The lowest BCUT2D eigenvalue weighted by atomic mass is 10.0. The average Bonchev–Trinajstić information content (AvgIpc) is 2.40. The molecule has 0 aliphatic carbocycles. The quantitative estimate of drug-likeness (QED) is 0.722. The van der Waals surface area contributed by atoms with Gasteiger partial charge >= 0.3 is 0 Å². The fourth-order valence-corrected chi connectivity index (χ4v) is 2.93. The molecule has 1 fully saturated rings. The Bertz CT molecular complexity index is 203. The molecular formula is C15H32N2O. The fourth-order valence-electron chi connectivity index (χ4n) is 2.93. The Labute approximate surface area is 113 Å². The Morgan fingerprint density at radius 2 is 1.89 bits per heavy atom. The molecule has 3 heteroatoms. The fraction of sp³-hybridized carbons (Fsp3) is 1.00. The molecule has 0 bridgehead atoms. The lowest BCUT2D eigenvalue weighted by Gasteiger charge is -2.39. The summed E-state index contributed by atoms with van der Waals surface area (Å²) in [5, 5.41) is 3.68. The highest BCUT2D eigenvalue weighted by Crippen LogP contribution is 2.18. The standard InChI is InChI=1S/C15H32N2O/c1-5-10-16-15(6-2)13(4)17-11-8-14(9-12-17)18-7-3/h13-16H,5-12H2,1-4H3. The number of ether oxygens (including phenoxy) is 1. The van der Waals surface area contributed by atoms with Crippen molar-refractivity contribution in [2.24, 2.45) is 0 Å². The largest absolute Gasteiger partial charge is 0.378 e. The van der Waals surface area contributed by atoms with Crippen LogP contribution in [0.5, 0.6) is 0 Å². The van der Waals surface area contributed by atoms with Crippen LogP contribution in [0.1, 0.15) is 53.4 Å². The molecule has 1 rings (SSSR count). The minimum atomic E-state index is 0.502. The lowest BCUT2D eigenvalue weighted by molar-refractivity contribution is 0.00151. The molecule has 1 heterocycles. The maximum Gasteiger partial charge on any atom is 0.0599 e. The van der Waals surface area contributed by atoms with Crippen LogP contribution >= 0.6 is 0 Å². The van der Waals surface area contributed by atoms with E-state index in [1.165, 1.54) is 38.8 Å². The summed E-state index contributed by atoms with van der Waals surface area (Å²) >= 11 is 0. The predicted octanol–water partition coefficient (Wildman–Crippen LogP) is 2.65. The summed E-state index contributed by atoms with van der Waals surface area (Å²) in [5.41, 5.74) is 0. The summed E-state index contributed by atoms with van der Waals surface area (Å²) in [6.45, 7) is 13.4. The number of rotatable bonds is 8. The van der Waals surface area contributed by atoms with Crippen LogP contribution < -0.4 is 5.32 Å². The van der Waals surface area contributed by atoms with E-state index in [9.17, 15) is 0 Å². The minimum absolute atomic E-state index is 0.502. The first kappa shape index (κ1) is 15.9. The van der Waals surface area contributed by atoms with E-state index in [1.54, 1.807) is 0 Å². The number of likely N-dealkylation sites (tertiary alicyclic amines) is 1. The van der Waals surface area contributed by atoms with E-state index >= 15 is 0 Å². The lowest BCUT2D eigenvalue weighted by Crippen LogP contribution is -2.51. The van der Waals surface area contributed by atoms with Gasteiger partial charge in [-0.25, -0.2) is 0 Å². The van der Waals surface area contributed by atoms with Crippen LogP contribution in [-0.2, 0) is 4.74 Å². The van der Waals surface area contributed by atoms with Crippen LogP contribution in [0.15, 0.2) is 0 Å². The van der Waals surface area contributed by atoms with Gasteiger partial charge in [-0.2, -0.15) is 0 Å². The van der Waals surface area contributed by atoms with E-state index in [-0.39, 0.29) is 0 Å². The predicted molar refractivity (Wildman–Crippen MR) is 78.1 cm³/mol. The summed E-state index contributed by atoms with van der Waals surface area (Å²) in [6.07, 6.45) is 5.33. The van der Waals surface area contributed by atoms with Gasteiger partial charge in [0.2, 0.25) is 0 Å². The molecule has 18 heavy (non-hydrogen) atoms. The van der Waals surface area contributed by atoms with Gasteiger partial charge < -0.3 is 10.1 Å². The van der Waals surface area contributed by atoms with Crippen LogP contribution in [-0.4, -0.2) is 49.3 Å². The van der Waals surface area contributed by atoms with Gasteiger partial charge in [0.05, 0.1) is 6.10 Å². The van der Waals surface area contributed by atoms with E-state index < -0.39 is 0 Å². The van der Waals surface area contributed by atoms with Gasteiger partial charge in [0.15, 0.2) is 0 Å². The van der Waals surface area contributed by atoms with E-state index in [1.807, 2.05) is 0 Å². The van der Waals surface area contributed by atoms with Crippen molar-refractivity contribution in [3.63, 3.8) is 0 Å².